The molecule has 0 radical (unpaired) electrons. The highest BCUT2D eigenvalue weighted by molar-refractivity contribution is 7.09. The van der Waals surface area contributed by atoms with E-state index in [1.165, 1.54) is 6.07 Å². The van der Waals surface area contributed by atoms with Crippen LogP contribution in [0.2, 0.25) is 0 Å². The summed E-state index contributed by atoms with van der Waals surface area (Å²) in [6, 6.07) is 4.38. The second-order valence-electron chi connectivity index (χ2n) is 6.89. The first-order valence-electron chi connectivity index (χ1n) is 9.06. The number of carbonyl (C=O) groups excluding carboxylic acids is 1. The number of urea groups is 1. The van der Waals surface area contributed by atoms with Gasteiger partial charge in [-0.2, -0.15) is 0 Å². The Balaban J connectivity index is 1.43. The number of ether oxygens (including phenoxy) is 1. The summed E-state index contributed by atoms with van der Waals surface area (Å²) < 4.78 is 19.9. The summed E-state index contributed by atoms with van der Waals surface area (Å²) in [5, 5.41) is 5.82. The predicted molar refractivity (Wildman–Crippen MR) is 99.2 cm³/mol. The Labute approximate surface area is 156 Å². The molecule has 2 heterocycles. The topological polar surface area (TPSA) is 54.5 Å². The molecule has 138 valence electrons. The van der Waals surface area contributed by atoms with Gasteiger partial charge in [0.2, 0.25) is 0 Å². The molecule has 2 aliphatic rings. The SMILES string of the molecule is Cc1nc([C@@H]2CCCN2C(=O)Nc2ccc(OC3CCC3)c(F)c2)cs1. The molecule has 1 saturated heterocycles. The summed E-state index contributed by atoms with van der Waals surface area (Å²) in [7, 11) is 0. The number of carbonyl (C=O) groups is 1. The van der Waals surface area contributed by atoms with E-state index in [1.54, 1.807) is 28.4 Å². The molecule has 1 aromatic carbocycles. The Morgan fingerprint density at radius 1 is 1.35 bits per heavy atom. The largest absolute Gasteiger partial charge is 0.487 e. The van der Waals surface area contributed by atoms with Crippen LogP contribution in [0.25, 0.3) is 0 Å². The molecular formula is C19H22FN3O2S. The Kier molecular flexibility index (Phi) is 4.80. The molecule has 1 aromatic heterocycles. The van der Waals surface area contributed by atoms with Gasteiger partial charge in [-0.15, -0.1) is 11.3 Å². The lowest BCUT2D eigenvalue weighted by molar-refractivity contribution is 0.115. The molecule has 0 unspecified atom stereocenters. The smallest absolute Gasteiger partial charge is 0.322 e. The predicted octanol–water partition coefficient (Wildman–Crippen LogP) is 4.89. The van der Waals surface area contributed by atoms with Gasteiger partial charge >= 0.3 is 6.03 Å². The fourth-order valence-electron chi connectivity index (χ4n) is 3.39. The molecule has 4 rings (SSSR count). The standard InChI is InChI=1S/C19H22FN3O2S/c1-12-21-16(11-26-12)17-6-3-9-23(17)19(24)22-13-7-8-18(15(20)10-13)25-14-4-2-5-14/h7-8,10-11,14,17H,2-6,9H2,1H3,(H,22,24)/t17-/m0/s1. The fourth-order valence-corrected chi connectivity index (χ4v) is 4.05. The van der Waals surface area contributed by atoms with Crippen LogP contribution >= 0.6 is 11.3 Å². The summed E-state index contributed by atoms with van der Waals surface area (Å²) >= 11 is 1.59. The highest BCUT2D eigenvalue weighted by Crippen LogP contribution is 2.33. The first-order chi connectivity index (χ1) is 12.6. The van der Waals surface area contributed by atoms with Crippen molar-refractivity contribution >= 4 is 23.1 Å². The van der Waals surface area contributed by atoms with Crippen molar-refractivity contribution in [2.24, 2.45) is 0 Å². The zero-order valence-corrected chi connectivity index (χ0v) is 15.5. The molecule has 2 amide bonds. The summed E-state index contributed by atoms with van der Waals surface area (Å²) in [6.45, 7) is 2.64. The minimum Gasteiger partial charge on any atom is -0.487 e. The Morgan fingerprint density at radius 2 is 2.19 bits per heavy atom. The second-order valence-corrected chi connectivity index (χ2v) is 7.95. The van der Waals surface area contributed by atoms with Gasteiger partial charge in [-0.3, -0.25) is 0 Å². The Morgan fingerprint density at radius 3 is 2.85 bits per heavy atom. The number of hydrogen-bond donors (Lipinski definition) is 1. The van der Waals surface area contributed by atoms with Crippen molar-refractivity contribution in [3.05, 3.63) is 40.1 Å². The molecule has 5 nitrogen and oxygen atoms in total. The molecule has 1 aliphatic heterocycles. The summed E-state index contributed by atoms with van der Waals surface area (Å²) in [5.74, 6) is -0.188. The van der Waals surface area contributed by atoms with Gasteiger partial charge in [0.25, 0.3) is 0 Å². The van der Waals surface area contributed by atoms with E-state index in [0.29, 0.717) is 12.2 Å². The highest BCUT2D eigenvalue weighted by Gasteiger charge is 2.31. The van der Waals surface area contributed by atoms with Crippen LogP contribution in [0.4, 0.5) is 14.9 Å². The second kappa shape index (κ2) is 7.23. The summed E-state index contributed by atoms with van der Waals surface area (Å²) in [5.41, 5.74) is 1.38. The molecule has 1 saturated carbocycles. The molecule has 0 bridgehead atoms. The van der Waals surface area contributed by atoms with E-state index >= 15 is 0 Å². The molecular weight excluding hydrogens is 353 g/mol. The fraction of sp³-hybridized carbons (Fsp3) is 0.474. The number of aryl methyl sites for hydroxylation is 1. The van der Waals surface area contributed by atoms with E-state index in [2.05, 4.69) is 10.3 Å². The number of hydrogen-bond acceptors (Lipinski definition) is 4. The third-order valence-corrected chi connectivity index (χ3v) is 5.81. The maximum atomic E-state index is 14.2. The van der Waals surface area contributed by atoms with Gasteiger partial charge in [0.05, 0.1) is 22.8 Å². The van der Waals surface area contributed by atoms with E-state index < -0.39 is 5.82 Å². The van der Waals surface area contributed by atoms with E-state index in [0.717, 1.165) is 42.8 Å². The van der Waals surface area contributed by atoms with E-state index in [4.69, 9.17) is 4.74 Å². The van der Waals surface area contributed by atoms with Gasteiger partial charge in [-0.25, -0.2) is 14.2 Å². The average molecular weight is 375 g/mol. The van der Waals surface area contributed by atoms with Gasteiger partial charge < -0.3 is 15.0 Å². The van der Waals surface area contributed by atoms with Crippen LogP contribution in [-0.2, 0) is 0 Å². The molecule has 2 fully saturated rings. The molecule has 7 heteroatoms. The quantitative estimate of drug-likeness (QED) is 0.828. The average Bonchev–Trinajstić information content (AvgIpc) is 3.21. The lowest BCUT2D eigenvalue weighted by atomic mass is 9.96. The maximum Gasteiger partial charge on any atom is 0.322 e. The number of aromatic nitrogens is 1. The first-order valence-corrected chi connectivity index (χ1v) is 9.94. The minimum absolute atomic E-state index is 0.00831. The number of halogens is 1. The summed E-state index contributed by atoms with van der Waals surface area (Å²) in [4.78, 5) is 19.0. The van der Waals surface area contributed by atoms with Crippen LogP contribution in [0.3, 0.4) is 0 Å². The number of amides is 2. The number of likely N-dealkylation sites (tertiary alicyclic amines) is 1. The van der Waals surface area contributed by atoms with Crippen molar-refractivity contribution < 1.29 is 13.9 Å². The van der Waals surface area contributed by atoms with Crippen LogP contribution in [0.1, 0.15) is 48.8 Å². The monoisotopic (exact) mass is 375 g/mol. The minimum atomic E-state index is -0.442. The van der Waals surface area contributed by atoms with Gasteiger partial charge in [-0.1, -0.05) is 0 Å². The third-order valence-electron chi connectivity index (χ3n) is 5.02. The van der Waals surface area contributed by atoms with Gasteiger partial charge in [0, 0.05) is 23.7 Å². The highest BCUT2D eigenvalue weighted by atomic mass is 32.1. The van der Waals surface area contributed by atoms with Gasteiger partial charge in [0.1, 0.15) is 0 Å². The molecule has 1 N–H and O–H groups in total. The number of nitrogens with zero attached hydrogens (tertiary/aromatic N) is 2. The van der Waals surface area contributed by atoms with Crippen LogP contribution in [0.5, 0.6) is 5.75 Å². The van der Waals surface area contributed by atoms with Crippen molar-refractivity contribution in [3.8, 4) is 5.75 Å². The molecule has 1 atom stereocenters. The zero-order valence-electron chi connectivity index (χ0n) is 14.7. The van der Waals surface area contributed by atoms with E-state index in [9.17, 15) is 9.18 Å². The van der Waals surface area contributed by atoms with Crippen LogP contribution in [0.15, 0.2) is 23.6 Å². The molecule has 2 aromatic rings. The summed E-state index contributed by atoms with van der Waals surface area (Å²) in [6.07, 6.45) is 5.05. The van der Waals surface area contributed by atoms with Crippen molar-refractivity contribution in [1.29, 1.82) is 0 Å². The molecule has 0 spiro atoms. The Bertz CT molecular complexity index is 806. The normalized spacial score (nSPS) is 20.1. The van der Waals surface area contributed by atoms with Gasteiger partial charge in [-0.05, 0) is 51.2 Å². The number of nitrogens with one attached hydrogen (secondary N) is 1. The maximum absolute atomic E-state index is 14.2. The van der Waals surface area contributed by atoms with Crippen molar-refractivity contribution in [2.45, 2.75) is 51.2 Å². The van der Waals surface area contributed by atoms with Crippen LogP contribution in [-0.4, -0.2) is 28.6 Å². The van der Waals surface area contributed by atoms with Crippen LogP contribution in [0, 0.1) is 12.7 Å². The first kappa shape index (κ1) is 17.3. The van der Waals surface area contributed by atoms with Crippen LogP contribution < -0.4 is 10.1 Å². The number of rotatable bonds is 4. The third kappa shape index (κ3) is 3.53. The van der Waals surface area contributed by atoms with Gasteiger partial charge in [0.15, 0.2) is 11.6 Å². The Hall–Kier alpha value is -2.15. The molecule has 1 aliphatic carbocycles. The molecule has 26 heavy (non-hydrogen) atoms. The number of anilines is 1. The van der Waals surface area contributed by atoms with E-state index in [-0.39, 0.29) is 23.9 Å². The van der Waals surface area contributed by atoms with E-state index in [1.807, 2.05) is 12.3 Å². The lowest BCUT2D eigenvalue weighted by Crippen LogP contribution is -2.34. The number of thiazole rings is 1. The van der Waals surface area contributed by atoms with Crippen molar-refractivity contribution in [2.75, 3.05) is 11.9 Å². The zero-order chi connectivity index (χ0) is 18.1. The number of benzene rings is 1. The van der Waals surface area contributed by atoms with Crippen molar-refractivity contribution in [1.82, 2.24) is 9.88 Å². The lowest BCUT2D eigenvalue weighted by Gasteiger charge is -2.27. The van der Waals surface area contributed by atoms with Crippen molar-refractivity contribution in [3.63, 3.8) is 0 Å².